The molecule has 0 bridgehead atoms. The van der Waals surface area contributed by atoms with Crippen LogP contribution in [0.1, 0.15) is 27.2 Å². The first kappa shape index (κ1) is 16.7. The van der Waals surface area contributed by atoms with Crippen molar-refractivity contribution in [2.45, 2.75) is 38.8 Å². The lowest BCUT2D eigenvalue weighted by Gasteiger charge is -2.42. The summed E-state index contributed by atoms with van der Waals surface area (Å²) < 4.78 is 25.1. The number of hydrogen-bond donors (Lipinski definition) is 1. The van der Waals surface area contributed by atoms with E-state index in [0.717, 1.165) is 6.42 Å². The van der Waals surface area contributed by atoms with Gasteiger partial charge in [-0.3, -0.25) is 0 Å². The zero-order valence-electron chi connectivity index (χ0n) is 14.3. The van der Waals surface area contributed by atoms with Crippen LogP contribution in [0.3, 0.4) is 0 Å². The molecule has 2 N–H and O–H groups in total. The van der Waals surface area contributed by atoms with Gasteiger partial charge in [-0.25, -0.2) is 9.18 Å². The van der Waals surface area contributed by atoms with Gasteiger partial charge in [0.05, 0.1) is 24.0 Å². The second-order valence-electron chi connectivity index (χ2n) is 7.25. The van der Waals surface area contributed by atoms with E-state index < -0.39 is 11.4 Å². The number of anilines is 2. The predicted octanol–water partition coefficient (Wildman–Crippen LogP) is 2.62. The predicted molar refractivity (Wildman–Crippen MR) is 89.9 cm³/mol. The van der Waals surface area contributed by atoms with E-state index in [0.29, 0.717) is 37.7 Å². The van der Waals surface area contributed by atoms with Crippen molar-refractivity contribution >= 4 is 17.5 Å². The van der Waals surface area contributed by atoms with Crippen LogP contribution in [-0.4, -0.2) is 48.9 Å². The summed E-state index contributed by atoms with van der Waals surface area (Å²) in [4.78, 5) is 16.1. The number of ether oxygens (including phenoxy) is 2. The molecule has 1 atom stereocenters. The quantitative estimate of drug-likeness (QED) is 0.737. The van der Waals surface area contributed by atoms with Crippen LogP contribution in [0.5, 0.6) is 5.75 Å². The van der Waals surface area contributed by atoms with Crippen molar-refractivity contribution in [1.29, 1.82) is 0 Å². The maximum Gasteiger partial charge on any atom is 0.410 e. The summed E-state index contributed by atoms with van der Waals surface area (Å²) in [7, 11) is 0. The molecule has 1 amide bonds. The molecule has 3 rings (SSSR count). The Morgan fingerprint density at radius 3 is 2.83 bits per heavy atom. The van der Waals surface area contributed by atoms with Gasteiger partial charge in [-0.2, -0.15) is 0 Å². The first-order valence-electron chi connectivity index (χ1n) is 8.21. The van der Waals surface area contributed by atoms with E-state index in [1.54, 1.807) is 4.90 Å². The highest BCUT2D eigenvalue weighted by Crippen LogP contribution is 2.37. The maximum absolute atomic E-state index is 13.9. The molecule has 2 aliphatic rings. The summed E-state index contributed by atoms with van der Waals surface area (Å²) in [6.07, 6.45) is 0.436. The number of nitrogens with zero attached hydrogens (tertiary/aromatic N) is 2. The average Bonchev–Trinajstić information content (AvgIpc) is 2.65. The number of amides is 1. The second-order valence-corrected chi connectivity index (χ2v) is 7.25. The largest absolute Gasteiger partial charge is 0.491 e. The Balaban J connectivity index is 1.79. The fourth-order valence-electron chi connectivity index (χ4n) is 3.12. The fourth-order valence-corrected chi connectivity index (χ4v) is 3.12. The van der Waals surface area contributed by atoms with Gasteiger partial charge in [-0.15, -0.1) is 0 Å². The van der Waals surface area contributed by atoms with Gasteiger partial charge >= 0.3 is 6.09 Å². The standard InChI is InChI=1S/C17H24FN3O3/c1-17(2,3)24-16(22)20-5-6-21-11(10-20)4-7-23-15-9-13(19)12(18)8-14(15)21/h8-9,11H,4-7,10,19H2,1-3H3/t11-/m0/s1. The van der Waals surface area contributed by atoms with Crippen LogP contribution in [0.25, 0.3) is 0 Å². The number of nitrogens with two attached hydrogens (primary N) is 1. The molecule has 7 heteroatoms. The molecular weight excluding hydrogens is 313 g/mol. The highest BCUT2D eigenvalue weighted by Gasteiger charge is 2.35. The van der Waals surface area contributed by atoms with E-state index >= 15 is 0 Å². The van der Waals surface area contributed by atoms with E-state index in [2.05, 4.69) is 4.90 Å². The van der Waals surface area contributed by atoms with Crippen LogP contribution < -0.4 is 15.4 Å². The number of benzene rings is 1. The highest BCUT2D eigenvalue weighted by atomic mass is 19.1. The molecule has 0 aliphatic carbocycles. The normalized spacial score (nSPS) is 20.6. The molecule has 0 spiro atoms. The van der Waals surface area contributed by atoms with E-state index in [1.165, 1.54) is 12.1 Å². The Hall–Kier alpha value is -2.18. The number of halogens is 1. The molecule has 0 saturated carbocycles. The molecule has 0 aromatic heterocycles. The van der Waals surface area contributed by atoms with Crippen LogP contribution in [0, 0.1) is 5.82 Å². The molecule has 1 saturated heterocycles. The SMILES string of the molecule is CC(C)(C)OC(=O)N1CCN2c3cc(F)c(N)cc3OCC[C@H]2C1. The summed E-state index contributed by atoms with van der Waals surface area (Å²) in [6.45, 7) is 7.71. The summed E-state index contributed by atoms with van der Waals surface area (Å²) in [5.41, 5.74) is 5.91. The average molecular weight is 337 g/mol. The van der Waals surface area contributed by atoms with Crippen LogP contribution in [0.15, 0.2) is 12.1 Å². The molecule has 0 radical (unpaired) electrons. The van der Waals surface area contributed by atoms with Crippen molar-refractivity contribution in [3.63, 3.8) is 0 Å². The molecule has 1 aromatic carbocycles. The van der Waals surface area contributed by atoms with Crippen molar-refractivity contribution in [2.24, 2.45) is 0 Å². The van der Waals surface area contributed by atoms with Crippen LogP contribution in [0.4, 0.5) is 20.6 Å². The van der Waals surface area contributed by atoms with Gasteiger partial charge in [-0.05, 0) is 20.8 Å². The summed E-state index contributed by atoms with van der Waals surface area (Å²) in [6, 6.07) is 3.02. The third kappa shape index (κ3) is 3.34. The number of nitrogen functional groups attached to an aromatic ring is 1. The molecule has 24 heavy (non-hydrogen) atoms. The van der Waals surface area contributed by atoms with Crippen LogP contribution in [0.2, 0.25) is 0 Å². The molecule has 1 fully saturated rings. The zero-order valence-corrected chi connectivity index (χ0v) is 14.3. The molecule has 6 nitrogen and oxygen atoms in total. The van der Waals surface area contributed by atoms with Gasteiger partial charge in [0.1, 0.15) is 17.2 Å². The summed E-state index contributed by atoms with van der Waals surface area (Å²) in [5, 5.41) is 0. The number of fused-ring (bicyclic) bond motifs is 3. The van der Waals surface area contributed by atoms with E-state index in [-0.39, 0.29) is 17.8 Å². The third-order valence-corrected chi connectivity index (χ3v) is 4.23. The maximum atomic E-state index is 13.9. The van der Waals surface area contributed by atoms with Crippen molar-refractivity contribution in [1.82, 2.24) is 4.90 Å². The van der Waals surface area contributed by atoms with Gasteiger partial charge in [0.2, 0.25) is 0 Å². The van der Waals surface area contributed by atoms with Gasteiger partial charge in [0, 0.05) is 38.2 Å². The summed E-state index contributed by atoms with van der Waals surface area (Å²) >= 11 is 0. The Morgan fingerprint density at radius 1 is 1.38 bits per heavy atom. The van der Waals surface area contributed by atoms with Crippen molar-refractivity contribution < 1.29 is 18.7 Å². The number of carbonyl (C=O) groups excluding carboxylic acids is 1. The second kappa shape index (κ2) is 6.03. The first-order chi connectivity index (χ1) is 11.2. The van der Waals surface area contributed by atoms with Crippen molar-refractivity contribution in [3.8, 4) is 5.75 Å². The van der Waals surface area contributed by atoms with E-state index in [9.17, 15) is 9.18 Å². The molecule has 0 unspecified atom stereocenters. The van der Waals surface area contributed by atoms with Crippen LogP contribution >= 0.6 is 0 Å². The fraction of sp³-hybridized carbons (Fsp3) is 0.588. The van der Waals surface area contributed by atoms with Crippen molar-refractivity contribution in [2.75, 3.05) is 36.9 Å². The van der Waals surface area contributed by atoms with Crippen LogP contribution in [-0.2, 0) is 4.74 Å². The van der Waals surface area contributed by atoms with Crippen molar-refractivity contribution in [3.05, 3.63) is 17.9 Å². The molecule has 2 aliphatic heterocycles. The van der Waals surface area contributed by atoms with Gasteiger partial charge in [0.25, 0.3) is 0 Å². The minimum Gasteiger partial charge on any atom is -0.491 e. The molecule has 132 valence electrons. The molecule has 2 heterocycles. The Morgan fingerprint density at radius 2 is 2.12 bits per heavy atom. The van der Waals surface area contributed by atoms with E-state index in [4.69, 9.17) is 15.2 Å². The van der Waals surface area contributed by atoms with Gasteiger partial charge < -0.3 is 25.0 Å². The zero-order chi connectivity index (χ0) is 17.5. The van der Waals surface area contributed by atoms with Gasteiger partial charge in [-0.1, -0.05) is 0 Å². The first-order valence-corrected chi connectivity index (χ1v) is 8.21. The third-order valence-electron chi connectivity index (χ3n) is 4.23. The monoisotopic (exact) mass is 337 g/mol. The van der Waals surface area contributed by atoms with E-state index in [1.807, 2.05) is 20.8 Å². The smallest absolute Gasteiger partial charge is 0.410 e. The minimum atomic E-state index is -0.520. The topological polar surface area (TPSA) is 68.0 Å². The van der Waals surface area contributed by atoms with Gasteiger partial charge in [0.15, 0.2) is 0 Å². The minimum absolute atomic E-state index is 0.0653. The Kier molecular flexibility index (Phi) is 4.19. The number of carbonyl (C=O) groups is 1. The summed E-state index contributed by atoms with van der Waals surface area (Å²) in [5.74, 6) is 0.148. The number of hydrogen-bond acceptors (Lipinski definition) is 5. The lowest BCUT2D eigenvalue weighted by Crippen LogP contribution is -2.55. The lowest BCUT2D eigenvalue weighted by molar-refractivity contribution is 0.0211. The highest BCUT2D eigenvalue weighted by molar-refractivity contribution is 5.70. The molecular formula is C17H24FN3O3. The number of piperazine rings is 1. The Bertz CT molecular complexity index is 645. The number of rotatable bonds is 0. The Labute approximate surface area is 141 Å². The molecule has 1 aromatic rings. The lowest BCUT2D eigenvalue weighted by atomic mass is 10.1.